The van der Waals surface area contributed by atoms with Crippen molar-refractivity contribution in [3.05, 3.63) is 48.2 Å². The Hall–Kier alpha value is -2.03. The summed E-state index contributed by atoms with van der Waals surface area (Å²) < 4.78 is 0. The van der Waals surface area contributed by atoms with Gasteiger partial charge in [-0.2, -0.15) is 0 Å². The lowest BCUT2D eigenvalue weighted by Gasteiger charge is -2.20. The summed E-state index contributed by atoms with van der Waals surface area (Å²) in [7, 11) is 1.98. The van der Waals surface area contributed by atoms with Gasteiger partial charge in [0.1, 0.15) is 5.82 Å². The van der Waals surface area contributed by atoms with E-state index >= 15 is 0 Å². The molecular formula is C13H15N3. The first-order chi connectivity index (χ1) is 7.68. The number of aryl methyl sites for hydroxylation is 1. The molecule has 0 unspecified atom stereocenters. The highest BCUT2D eigenvalue weighted by Crippen LogP contribution is 2.26. The molecule has 1 aromatic heterocycles. The molecule has 0 amide bonds. The molecule has 3 heteroatoms. The van der Waals surface area contributed by atoms with Gasteiger partial charge in [-0.25, -0.2) is 4.98 Å². The minimum absolute atomic E-state index is 0.547. The van der Waals surface area contributed by atoms with E-state index in [1.54, 1.807) is 6.20 Å². The molecule has 0 aliphatic heterocycles. The Kier molecular flexibility index (Phi) is 2.77. The van der Waals surface area contributed by atoms with Gasteiger partial charge in [-0.3, -0.25) is 0 Å². The van der Waals surface area contributed by atoms with E-state index in [-0.39, 0.29) is 0 Å². The fourth-order valence-corrected chi connectivity index (χ4v) is 1.60. The minimum Gasteiger partial charge on any atom is -0.382 e. The van der Waals surface area contributed by atoms with E-state index in [1.165, 1.54) is 5.56 Å². The summed E-state index contributed by atoms with van der Waals surface area (Å²) in [5.74, 6) is 0.547. The first-order valence-corrected chi connectivity index (χ1v) is 5.19. The molecule has 0 spiro atoms. The van der Waals surface area contributed by atoms with Crippen LogP contribution in [0.2, 0.25) is 0 Å². The van der Waals surface area contributed by atoms with Crippen LogP contribution in [-0.4, -0.2) is 12.0 Å². The summed E-state index contributed by atoms with van der Waals surface area (Å²) in [5.41, 5.74) is 9.11. The van der Waals surface area contributed by atoms with Crippen LogP contribution in [0.5, 0.6) is 0 Å². The molecule has 1 heterocycles. The van der Waals surface area contributed by atoms with Crippen molar-refractivity contribution in [1.82, 2.24) is 4.98 Å². The Morgan fingerprint density at radius 1 is 1.12 bits per heavy atom. The van der Waals surface area contributed by atoms with E-state index < -0.39 is 0 Å². The number of benzene rings is 1. The molecule has 0 atom stereocenters. The Balaban J connectivity index is 2.35. The van der Waals surface area contributed by atoms with E-state index in [9.17, 15) is 0 Å². The smallest absolute Gasteiger partial charge is 0.147 e. The normalized spacial score (nSPS) is 10.1. The molecule has 82 valence electrons. The van der Waals surface area contributed by atoms with Crippen LogP contribution in [-0.2, 0) is 0 Å². The van der Waals surface area contributed by atoms with Gasteiger partial charge in [0.25, 0.3) is 0 Å². The number of nitrogen functional groups attached to an aromatic ring is 1. The molecule has 0 bridgehead atoms. The average molecular weight is 213 g/mol. The summed E-state index contributed by atoms with van der Waals surface area (Å²) >= 11 is 0. The SMILES string of the molecule is Cc1ccc(N(C)c2cccnc2N)cc1. The van der Waals surface area contributed by atoms with Gasteiger partial charge < -0.3 is 10.6 Å². The highest BCUT2D eigenvalue weighted by molar-refractivity contribution is 5.71. The third kappa shape index (κ3) is 1.98. The van der Waals surface area contributed by atoms with Crippen molar-refractivity contribution in [3.63, 3.8) is 0 Å². The van der Waals surface area contributed by atoms with Crippen molar-refractivity contribution in [2.75, 3.05) is 17.7 Å². The molecule has 16 heavy (non-hydrogen) atoms. The van der Waals surface area contributed by atoms with Gasteiger partial charge >= 0.3 is 0 Å². The summed E-state index contributed by atoms with van der Waals surface area (Å²) in [5, 5.41) is 0. The largest absolute Gasteiger partial charge is 0.382 e. The number of hydrogen-bond donors (Lipinski definition) is 1. The Morgan fingerprint density at radius 3 is 2.44 bits per heavy atom. The number of pyridine rings is 1. The molecule has 0 aliphatic carbocycles. The van der Waals surface area contributed by atoms with Crippen LogP contribution in [0, 0.1) is 6.92 Å². The highest BCUT2D eigenvalue weighted by atomic mass is 15.1. The van der Waals surface area contributed by atoms with Crippen LogP contribution in [0.4, 0.5) is 17.2 Å². The van der Waals surface area contributed by atoms with Crippen LogP contribution >= 0.6 is 0 Å². The molecule has 2 N–H and O–H groups in total. The van der Waals surface area contributed by atoms with Crippen LogP contribution in [0.15, 0.2) is 42.6 Å². The zero-order chi connectivity index (χ0) is 11.5. The second-order valence-electron chi connectivity index (χ2n) is 3.80. The lowest BCUT2D eigenvalue weighted by Crippen LogP contribution is -2.12. The zero-order valence-corrected chi connectivity index (χ0v) is 9.51. The summed E-state index contributed by atoms with van der Waals surface area (Å²) in [4.78, 5) is 6.11. The van der Waals surface area contributed by atoms with Gasteiger partial charge in [0, 0.05) is 18.9 Å². The monoisotopic (exact) mass is 213 g/mol. The quantitative estimate of drug-likeness (QED) is 0.834. The minimum atomic E-state index is 0.547. The number of anilines is 3. The molecule has 0 aliphatic rings. The number of hydrogen-bond acceptors (Lipinski definition) is 3. The van der Waals surface area contributed by atoms with Gasteiger partial charge in [0.2, 0.25) is 0 Å². The van der Waals surface area contributed by atoms with Crippen molar-refractivity contribution in [2.45, 2.75) is 6.92 Å². The van der Waals surface area contributed by atoms with Gasteiger partial charge in [-0.1, -0.05) is 17.7 Å². The van der Waals surface area contributed by atoms with E-state index in [0.29, 0.717) is 5.82 Å². The van der Waals surface area contributed by atoms with Crippen molar-refractivity contribution in [3.8, 4) is 0 Å². The molecule has 0 saturated carbocycles. The predicted octanol–water partition coefficient (Wildman–Crippen LogP) is 2.74. The highest BCUT2D eigenvalue weighted by Gasteiger charge is 2.06. The van der Waals surface area contributed by atoms with Crippen LogP contribution in [0.1, 0.15) is 5.56 Å². The maximum absolute atomic E-state index is 5.84. The van der Waals surface area contributed by atoms with E-state index in [4.69, 9.17) is 5.73 Å². The molecule has 2 rings (SSSR count). The van der Waals surface area contributed by atoms with E-state index in [0.717, 1.165) is 11.4 Å². The average Bonchev–Trinajstić information content (AvgIpc) is 2.30. The molecule has 3 nitrogen and oxygen atoms in total. The van der Waals surface area contributed by atoms with Crippen molar-refractivity contribution in [1.29, 1.82) is 0 Å². The second-order valence-corrected chi connectivity index (χ2v) is 3.80. The summed E-state index contributed by atoms with van der Waals surface area (Å²) in [6.07, 6.45) is 1.70. The van der Waals surface area contributed by atoms with Gasteiger partial charge in [-0.05, 0) is 31.2 Å². The number of nitrogens with zero attached hydrogens (tertiary/aromatic N) is 2. The van der Waals surface area contributed by atoms with E-state index in [1.807, 2.05) is 24.1 Å². The number of aromatic nitrogens is 1. The van der Waals surface area contributed by atoms with E-state index in [2.05, 4.69) is 36.2 Å². The van der Waals surface area contributed by atoms with Crippen molar-refractivity contribution < 1.29 is 0 Å². The molecule has 1 aromatic carbocycles. The Labute approximate surface area is 95.5 Å². The predicted molar refractivity (Wildman–Crippen MR) is 67.9 cm³/mol. The molecule has 0 radical (unpaired) electrons. The fourth-order valence-electron chi connectivity index (χ4n) is 1.60. The fraction of sp³-hybridized carbons (Fsp3) is 0.154. The Morgan fingerprint density at radius 2 is 1.81 bits per heavy atom. The summed E-state index contributed by atoms with van der Waals surface area (Å²) in [6.45, 7) is 2.07. The first-order valence-electron chi connectivity index (χ1n) is 5.19. The lowest BCUT2D eigenvalue weighted by molar-refractivity contribution is 1.18. The number of nitrogens with two attached hydrogens (primary N) is 1. The molecular weight excluding hydrogens is 198 g/mol. The molecule has 2 aromatic rings. The summed E-state index contributed by atoms with van der Waals surface area (Å²) in [6, 6.07) is 12.2. The van der Waals surface area contributed by atoms with Gasteiger partial charge in [0.05, 0.1) is 5.69 Å². The van der Waals surface area contributed by atoms with Crippen molar-refractivity contribution in [2.24, 2.45) is 0 Å². The Bertz CT molecular complexity index is 477. The third-order valence-corrected chi connectivity index (χ3v) is 2.60. The molecule has 0 fully saturated rings. The second kappa shape index (κ2) is 4.23. The topological polar surface area (TPSA) is 42.2 Å². The van der Waals surface area contributed by atoms with Crippen molar-refractivity contribution >= 4 is 17.2 Å². The van der Waals surface area contributed by atoms with Crippen LogP contribution in [0.25, 0.3) is 0 Å². The van der Waals surface area contributed by atoms with Crippen LogP contribution in [0.3, 0.4) is 0 Å². The van der Waals surface area contributed by atoms with Crippen LogP contribution < -0.4 is 10.6 Å². The lowest BCUT2D eigenvalue weighted by atomic mass is 10.2. The maximum Gasteiger partial charge on any atom is 0.147 e. The molecule has 0 saturated heterocycles. The standard InChI is InChI=1S/C13H15N3/c1-10-5-7-11(8-6-10)16(2)12-4-3-9-15-13(12)14/h3-9H,1-2H3,(H2,14,15). The van der Waals surface area contributed by atoms with Gasteiger partial charge in [0.15, 0.2) is 0 Å². The van der Waals surface area contributed by atoms with Gasteiger partial charge in [-0.15, -0.1) is 0 Å². The maximum atomic E-state index is 5.84. The number of rotatable bonds is 2. The third-order valence-electron chi connectivity index (χ3n) is 2.60. The first kappa shape index (κ1) is 10.5. The zero-order valence-electron chi connectivity index (χ0n) is 9.51.